The normalized spacial score (nSPS) is 19.7. The summed E-state index contributed by atoms with van der Waals surface area (Å²) < 4.78 is 5.28. The van der Waals surface area contributed by atoms with Gasteiger partial charge in [-0.2, -0.15) is 0 Å². The minimum atomic E-state index is 0.385. The highest BCUT2D eigenvalue weighted by Crippen LogP contribution is 2.29. The molecule has 1 saturated carbocycles. The second-order valence-electron chi connectivity index (χ2n) is 5.50. The number of methoxy groups -OCH3 is 1. The van der Waals surface area contributed by atoms with E-state index < -0.39 is 0 Å². The van der Waals surface area contributed by atoms with Gasteiger partial charge in [0.05, 0.1) is 7.11 Å². The molecule has 2 rings (SSSR count). The molecule has 1 aliphatic carbocycles. The van der Waals surface area contributed by atoms with Gasteiger partial charge in [-0.15, -0.1) is 0 Å². The van der Waals surface area contributed by atoms with E-state index in [1.165, 1.54) is 31.2 Å². The Hall–Kier alpha value is -1.02. The first-order valence-electron chi connectivity index (χ1n) is 7.10. The highest BCUT2D eigenvalue weighted by atomic mass is 16.5. The number of hydrogen-bond acceptors (Lipinski definition) is 2. The first kappa shape index (κ1) is 13.4. The highest BCUT2D eigenvalue weighted by molar-refractivity contribution is 5.30. The summed E-state index contributed by atoms with van der Waals surface area (Å²) in [6.07, 6.45) is 5.59. The minimum absolute atomic E-state index is 0.385. The van der Waals surface area contributed by atoms with Gasteiger partial charge in [-0.3, -0.25) is 0 Å². The van der Waals surface area contributed by atoms with Gasteiger partial charge in [0, 0.05) is 12.1 Å². The zero-order chi connectivity index (χ0) is 13.0. The molecule has 0 amide bonds. The van der Waals surface area contributed by atoms with Gasteiger partial charge in [0.1, 0.15) is 5.75 Å². The lowest BCUT2D eigenvalue weighted by atomic mass is 9.98. The molecule has 0 radical (unpaired) electrons. The van der Waals surface area contributed by atoms with E-state index in [0.29, 0.717) is 12.1 Å². The van der Waals surface area contributed by atoms with E-state index in [4.69, 9.17) is 4.74 Å². The average Bonchev–Trinajstić information content (AvgIpc) is 2.92. The van der Waals surface area contributed by atoms with E-state index in [9.17, 15) is 0 Å². The molecule has 1 aliphatic rings. The molecule has 1 unspecified atom stereocenters. The smallest absolute Gasteiger partial charge is 0.119 e. The molecule has 1 N–H and O–H groups in total. The number of ether oxygens (including phenoxy) is 1. The molecule has 0 saturated heterocycles. The zero-order valence-corrected chi connectivity index (χ0v) is 11.8. The number of rotatable bonds is 5. The molecular formula is C16H25NO. The molecule has 2 atom stereocenters. The van der Waals surface area contributed by atoms with Gasteiger partial charge >= 0.3 is 0 Å². The molecule has 2 heteroatoms. The number of nitrogens with one attached hydrogen (secondary N) is 1. The molecule has 0 heterocycles. The third-order valence-electron chi connectivity index (χ3n) is 4.21. The Bertz CT molecular complexity index is 371. The first-order valence-corrected chi connectivity index (χ1v) is 7.10. The van der Waals surface area contributed by atoms with Crippen LogP contribution in [0.5, 0.6) is 5.75 Å². The van der Waals surface area contributed by atoms with Crippen LogP contribution in [-0.4, -0.2) is 13.2 Å². The van der Waals surface area contributed by atoms with E-state index in [-0.39, 0.29) is 0 Å². The van der Waals surface area contributed by atoms with E-state index in [1.807, 2.05) is 6.07 Å². The fourth-order valence-electron chi connectivity index (χ4n) is 2.99. The summed E-state index contributed by atoms with van der Waals surface area (Å²) >= 11 is 0. The van der Waals surface area contributed by atoms with Gasteiger partial charge in [0.2, 0.25) is 0 Å². The van der Waals surface area contributed by atoms with Crippen LogP contribution in [0.4, 0.5) is 0 Å². The Morgan fingerprint density at radius 3 is 2.61 bits per heavy atom. The van der Waals surface area contributed by atoms with E-state index in [2.05, 4.69) is 37.4 Å². The maximum atomic E-state index is 5.28. The molecule has 0 aromatic heterocycles. The quantitative estimate of drug-likeness (QED) is 0.851. The van der Waals surface area contributed by atoms with Crippen molar-refractivity contribution in [3.05, 3.63) is 29.8 Å². The van der Waals surface area contributed by atoms with Gasteiger partial charge in [-0.1, -0.05) is 25.0 Å². The van der Waals surface area contributed by atoms with Crippen molar-refractivity contribution < 1.29 is 4.74 Å². The summed E-state index contributed by atoms with van der Waals surface area (Å²) in [6, 6.07) is 9.34. The van der Waals surface area contributed by atoms with E-state index >= 15 is 0 Å². The van der Waals surface area contributed by atoms with E-state index in [1.54, 1.807) is 7.11 Å². The lowest BCUT2D eigenvalue weighted by Gasteiger charge is -2.25. The van der Waals surface area contributed by atoms with E-state index in [0.717, 1.165) is 11.7 Å². The largest absolute Gasteiger partial charge is 0.497 e. The van der Waals surface area contributed by atoms with Crippen molar-refractivity contribution in [2.24, 2.45) is 5.92 Å². The van der Waals surface area contributed by atoms with Crippen LogP contribution in [-0.2, 0) is 0 Å². The van der Waals surface area contributed by atoms with Crippen LogP contribution >= 0.6 is 0 Å². The Kier molecular flexibility index (Phi) is 4.65. The average molecular weight is 247 g/mol. The van der Waals surface area contributed by atoms with Crippen LogP contribution in [0.25, 0.3) is 0 Å². The molecular weight excluding hydrogens is 222 g/mol. The molecule has 0 spiro atoms. The number of benzene rings is 1. The minimum Gasteiger partial charge on any atom is -0.497 e. The molecule has 0 aliphatic heterocycles. The second-order valence-corrected chi connectivity index (χ2v) is 5.50. The fraction of sp³-hybridized carbons (Fsp3) is 0.625. The third-order valence-corrected chi connectivity index (χ3v) is 4.21. The van der Waals surface area contributed by atoms with Crippen LogP contribution in [0.1, 0.15) is 51.1 Å². The Labute approximate surface area is 111 Å². The summed E-state index contributed by atoms with van der Waals surface area (Å²) in [5, 5.41) is 3.73. The lowest BCUT2D eigenvalue weighted by molar-refractivity contribution is 0.351. The van der Waals surface area contributed by atoms with Gasteiger partial charge in [-0.25, -0.2) is 0 Å². The Balaban J connectivity index is 1.95. The molecule has 100 valence electrons. The zero-order valence-electron chi connectivity index (χ0n) is 11.8. The van der Waals surface area contributed by atoms with Crippen molar-refractivity contribution in [3.63, 3.8) is 0 Å². The predicted octanol–water partition coefficient (Wildman–Crippen LogP) is 3.92. The summed E-state index contributed by atoms with van der Waals surface area (Å²) in [6.45, 7) is 4.56. The van der Waals surface area contributed by atoms with Crippen LogP contribution in [0.3, 0.4) is 0 Å². The predicted molar refractivity (Wildman–Crippen MR) is 76.0 cm³/mol. The maximum Gasteiger partial charge on any atom is 0.119 e. The Morgan fingerprint density at radius 2 is 1.94 bits per heavy atom. The maximum absolute atomic E-state index is 5.28. The SMILES string of the molecule is COc1cccc([C@@H](C)NC(C)C2CCCC2)c1. The number of hydrogen-bond donors (Lipinski definition) is 1. The van der Waals surface area contributed by atoms with Gasteiger partial charge in [-0.05, 0) is 50.3 Å². The van der Waals surface area contributed by atoms with Crippen LogP contribution in [0.2, 0.25) is 0 Å². The van der Waals surface area contributed by atoms with Gasteiger partial charge in [0.15, 0.2) is 0 Å². The molecule has 0 bridgehead atoms. The van der Waals surface area contributed by atoms with Crippen molar-refractivity contribution in [1.82, 2.24) is 5.32 Å². The van der Waals surface area contributed by atoms with Crippen molar-refractivity contribution in [2.75, 3.05) is 7.11 Å². The van der Waals surface area contributed by atoms with Crippen LogP contribution in [0.15, 0.2) is 24.3 Å². The van der Waals surface area contributed by atoms with Crippen molar-refractivity contribution in [2.45, 2.75) is 51.6 Å². The second kappa shape index (κ2) is 6.24. The summed E-state index contributed by atoms with van der Waals surface area (Å²) in [7, 11) is 1.72. The van der Waals surface area contributed by atoms with Crippen molar-refractivity contribution in [3.8, 4) is 5.75 Å². The standard InChI is InChI=1S/C16H25NO/c1-12(14-7-4-5-8-14)17-13(2)15-9-6-10-16(11-15)18-3/h6,9-14,17H,4-5,7-8H2,1-3H3/t12?,13-/m1/s1. The topological polar surface area (TPSA) is 21.3 Å². The van der Waals surface area contributed by atoms with Crippen LogP contribution in [0, 0.1) is 5.92 Å². The van der Waals surface area contributed by atoms with Crippen molar-refractivity contribution in [1.29, 1.82) is 0 Å². The molecule has 1 aromatic carbocycles. The monoisotopic (exact) mass is 247 g/mol. The van der Waals surface area contributed by atoms with Crippen molar-refractivity contribution >= 4 is 0 Å². The summed E-state index contributed by atoms with van der Waals surface area (Å²) in [5.74, 6) is 1.80. The molecule has 2 nitrogen and oxygen atoms in total. The Morgan fingerprint density at radius 1 is 1.22 bits per heavy atom. The summed E-state index contributed by atoms with van der Waals surface area (Å²) in [4.78, 5) is 0. The molecule has 1 fully saturated rings. The fourth-order valence-corrected chi connectivity index (χ4v) is 2.99. The van der Waals surface area contributed by atoms with Gasteiger partial charge < -0.3 is 10.1 Å². The third kappa shape index (κ3) is 3.26. The van der Waals surface area contributed by atoms with Gasteiger partial charge in [0.25, 0.3) is 0 Å². The lowest BCUT2D eigenvalue weighted by Crippen LogP contribution is -2.34. The highest BCUT2D eigenvalue weighted by Gasteiger charge is 2.22. The van der Waals surface area contributed by atoms with Crippen LogP contribution < -0.4 is 10.1 Å². The first-order chi connectivity index (χ1) is 8.70. The molecule has 1 aromatic rings. The summed E-state index contributed by atoms with van der Waals surface area (Å²) in [5.41, 5.74) is 1.30. The molecule has 18 heavy (non-hydrogen) atoms.